The molecule has 0 fully saturated rings. The molecule has 4 rings (SSSR count). The molecule has 0 aliphatic heterocycles. The van der Waals surface area contributed by atoms with Crippen LogP contribution in [0.3, 0.4) is 0 Å². The maximum atomic E-state index is 13.0. The van der Waals surface area contributed by atoms with Crippen LogP contribution in [0.2, 0.25) is 0 Å². The molecule has 8 heteroatoms. The summed E-state index contributed by atoms with van der Waals surface area (Å²) in [5.41, 5.74) is 5.29. The number of hydrogen-bond donors (Lipinski definition) is 2. The molecule has 2 amide bonds. The predicted octanol–water partition coefficient (Wildman–Crippen LogP) is 5.10. The van der Waals surface area contributed by atoms with Crippen molar-refractivity contribution >= 4 is 6.03 Å². The van der Waals surface area contributed by atoms with Crippen LogP contribution in [0.4, 0.5) is 4.79 Å². The van der Waals surface area contributed by atoms with Gasteiger partial charge in [0.1, 0.15) is 5.75 Å². The van der Waals surface area contributed by atoms with E-state index in [0.717, 1.165) is 52.8 Å². The zero-order valence-electron chi connectivity index (χ0n) is 20.8. The molecule has 186 valence electrons. The summed E-state index contributed by atoms with van der Waals surface area (Å²) in [4.78, 5) is 14.9. The van der Waals surface area contributed by atoms with E-state index in [0.29, 0.717) is 25.5 Å². The molecule has 0 bridgehead atoms. The molecule has 8 nitrogen and oxygen atoms in total. The van der Waals surface area contributed by atoms with Gasteiger partial charge in [-0.2, -0.15) is 0 Å². The van der Waals surface area contributed by atoms with Crippen LogP contribution in [-0.4, -0.2) is 51.8 Å². The van der Waals surface area contributed by atoms with Gasteiger partial charge in [0.05, 0.1) is 7.11 Å². The van der Waals surface area contributed by atoms with Crippen molar-refractivity contribution in [1.82, 2.24) is 30.8 Å². The molecule has 1 aromatic heterocycles. The highest BCUT2D eigenvalue weighted by Gasteiger charge is 2.14. The number of H-pyrrole nitrogens is 1. The number of tetrazole rings is 1. The van der Waals surface area contributed by atoms with E-state index < -0.39 is 0 Å². The number of ether oxygens (including phenoxy) is 1. The van der Waals surface area contributed by atoms with Crippen LogP contribution in [0.1, 0.15) is 30.9 Å². The smallest absolute Gasteiger partial charge is 0.317 e. The van der Waals surface area contributed by atoms with Gasteiger partial charge in [-0.05, 0) is 57.7 Å². The molecule has 0 radical (unpaired) electrons. The van der Waals surface area contributed by atoms with Crippen molar-refractivity contribution in [3.63, 3.8) is 0 Å². The van der Waals surface area contributed by atoms with E-state index in [1.807, 2.05) is 47.4 Å². The van der Waals surface area contributed by atoms with Crippen molar-refractivity contribution in [1.29, 1.82) is 0 Å². The number of rotatable bonds is 11. The van der Waals surface area contributed by atoms with Gasteiger partial charge in [0, 0.05) is 25.2 Å². The molecule has 0 spiro atoms. The Hall–Kier alpha value is -4.20. The average molecular weight is 485 g/mol. The minimum absolute atomic E-state index is 0.0378. The molecule has 0 aliphatic rings. The SMILES string of the molecule is CCCCN(Cc1ccc(-c2ccccc2-c2nnn[nH]2)cc1)C(=O)NCCc1ccc(OC)cc1. The minimum atomic E-state index is -0.0378. The molecule has 3 aromatic carbocycles. The number of urea groups is 1. The van der Waals surface area contributed by atoms with Crippen molar-refractivity contribution in [3.05, 3.63) is 83.9 Å². The molecule has 4 aromatic rings. The van der Waals surface area contributed by atoms with Crippen LogP contribution in [0.15, 0.2) is 72.8 Å². The Morgan fingerprint density at radius 2 is 1.69 bits per heavy atom. The van der Waals surface area contributed by atoms with Gasteiger partial charge in [0.15, 0.2) is 5.82 Å². The molecule has 0 atom stereocenters. The zero-order valence-corrected chi connectivity index (χ0v) is 20.8. The first-order valence-corrected chi connectivity index (χ1v) is 12.3. The number of aromatic amines is 1. The second kappa shape index (κ2) is 12.5. The van der Waals surface area contributed by atoms with Crippen LogP contribution in [-0.2, 0) is 13.0 Å². The number of unbranched alkanes of at least 4 members (excludes halogenated alkanes) is 1. The number of methoxy groups -OCH3 is 1. The summed E-state index contributed by atoms with van der Waals surface area (Å²) in [6.07, 6.45) is 2.76. The van der Waals surface area contributed by atoms with Crippen LogP contribution >= 0.6 is 0 Å². The Kier molecular flexibility index (Phi) is 8.64. The van der Waals surface area contributed by atoms with E-state index >= 15 is 0 Å². The molecular weight excluding hydrogens is 452 g/mol. The largest absolute Gasteiger partial charge is 0.497 e. The second-order valence-corrected chi connectivity index (χ2v) is 8.60. The summed E-state index contributed by atoms with van der Waals surface area (Å²) < 4.78 is 5.21. The van der Waals surface area contributed by atoms with Crippen LogP contribution < -0.4 is 10.1 Å². The normalized spacial score (nSPS) is 10.7. The standard InChI is InChI=1S/C28H32N6O2/c1-3-4-19-34(28(35)29-18-17-21-11-15-24(36-2)16-12-21)20-22-9-13-23(14-10-22)25-7-5-6-8-26(25)27-30-32-33-31-27/h5-16H,3-4,17-20H2,1-2H3,(H,29,35)(H,30,31,32,33). The molecule has 0 saturated heterocycles. The predicted molar refractivity (Wildman–Crippen MR) is 140 cm³/mol. The average Bonchev–Trinajstić information content (AvgIpc) is 3.47. The minimum Gasteiger partial charge on any atom is -0.497 e. The number of benzene rings is 3. The second-order valence-electron chi connectivity index (χ2n) is 8.60. The zero-order chi connectivity index (χ0) is 25.2. The Balaban J connectivity index is 1.39. The maximum absolute atomic E-state index is 13.0. The van der Waals surface area contributed by atoms with Crippen molar-refractivity contribution in [2.75, 3.05) is 20.2 Å². The van der Waals surface area contributed by atoms with Gasteiger partial charge in [0.2, 0.25) is 0 Å². The Labute approximate surface area is 211 Å². The Bertz CT molecular complexity index is 1220. The van der Waals surface area contributed by atoms with Crippen LogP contribution in [0, 0.1) is 0 Å². The van der Waals surface area contributed by atoms with E-state index in [1.54, 1.807) is 7.11 Å². The third-order valence-electron chi connectivity index (χ3n) is 6.08. The molecule has 0 aliphatic carbocycles. The number of nitrogens with one attached hydrogen (secondary N) is 2. The number of nitrogens with zero attached hydrogens (tertiary/aromatic N) is 4. The molecular formula is C28H32N6O2. The lowest BCUT2D eigenvalue weighted by Crippen LogP contribution is -2.40. The highest BCUT2D eigenvalue weighted by Crippen LogP contribution is 2.29. The summed E-state index contributed by atoms with van der Waals surface area (Å²) in [5, 5.41) is 17.4. The fraction of sp³-hybridized carbons (Fsp3) is 0.286. The number of hydrogen-bond acceptors (Lipinski definition) is 5. The first-order chi connectivity index (χ1) is 17.7. The third-order valence-corrected chi connectivity index (χ3v) is 6.08. The molecule has 2 N–H and O–H groups in total. The van der Waals surface area contributed by atoms with Gasteiger partial charge in [-0.3, -0.25) is 0 Å². The van der Waals surface area contributed by atoms with E-state index in [1.165, 1.54) is 0 Å². The van der Waals surface area contributed by atoms with Gasteiger partial charge in [-0.25, -0.2) is 9.89 Å². The molecule has 1 heterocycles. The van der Waals surface area contributed by atoms with Gasteiger partial charge >= 0.3 is 6.03 Å². The third kappa shape index (κ3) is 6.47. The van der Waals surface area contributed by atoms with Gasteiger partial charge in [0.25, 0.3) is 0 Å². The Morgan fingerprint density at radius 3 is 2.36 bits per heavy atom. The van der Waals surface area contributed by atoms with Crippen molar-refractivity contribution in [3.8, 4) is 28.3 Å². The molecule has 36 heavy (non-hydrogen) atoms. The summed E-state index contributed by atoms with van der Waals surface area (Å²) in [6.45, 7) is 3.99. The number of carbonyl (C=O) groups is 1. The maximum Gasteiger partial charge on any atom is 0.317 e. The molecule has 0 unspecified atom stereocenters. The topological polar surface area (TPSA) is 96.0 Å². The highest BCUT2D eigenvalue weighted by atomic mass is 16.5. The summed E-state index contributed by atoms with van der Waals surface area (Å²) in [7, 11) is 1.66. The summed E-state index contributed by atoms with van der Waals surface area (Å²) in [6, 6.07) is 24.2. The van der Waals surface area contributed by atoms with Gasteiger partial charge in [-0.1, -0.05) is 74.0 Å². The van der Waals surface area contributed by atoms with Gasteiger partial charge < -0.3 is 15.0 Å². The number of amides is 2. The number of carbonyl (C=O) groups excluding carboxylic acids is 1. The van der Waals surface area contributed by atoms with Crippen LogP contribution in [0.5, 0.6) is 5.75 Å². The van der Waals surface area contributed by atoms with Crippen molar-refractivity contribution < 1.29 is 9.53 Å². The van der Waals surface area contributed by atoms with Crippen molar-refractivity contribution in [2.24, 2.45) is 0 Å². The fourth-order valence-electron chi connectivity index (χ4n) is 4.04. The monoisotopic (exact) mass is 484 g/mol. The fourth-order valence-corrected chi connectivity index (χ4v) is 4.04. The van der Waals surface area contributed by atoms with E-state index in [9.17, 15) is 4.79 Å². The Morgan fingerprint density at radius 1 is 0.972 bits per heavy atom. The first kappa shape index (κ1) is 24.9. The van der Waals surface area contributed by atoms with Crippen molar-refractivity contribution in [2.45, 2.75) is 32.7 Å². The highest BCUT2D eigenvalue weighted by molar-refractivity contribution is 5.80. The van der Waals surface area contributed by atoms with Crippen LogP contribution in [0.25, 0.3) is 22.5 Å². The van der Waals surface area contributed by atoms with E-state index in [-0.39, 0.29) is 6.03 Å². The lowest BCUT2D eigenvalue weighted by atomic mass is 9.98. The lowest BCUT2D eigenvalue weighted by Gasteiger charge is -2.23. The quantitative estimate of drug-likeness (QED) is 0.309. The lowest BCUT2D eigenvalue weighted by molar-refractivity contribution is 0.194. The summed E-state index contributed by atoms with van der Waals surface area (Å²) in [5.74, 6) is 1.46. The van der Waals surface area contributed by atoms with E-state index in [4.69, 9.17) is 4.74 Å². The first-order valence-electron chi connectivity index (χ1n) is 12.3. The van der Waals surface area contributed by atoms with Gasteiger partial charge in [-0.15, -0.1) is 5.10 Å². The number of aromatic nitrogens is 4. The van der Waals surface area contributed by atoms with E-state index in [2.05, 4.69) is 63.2 Å². The molecule has 0 saturated carbocycles. The summed E-state index contributed by atoms with van der Waals surface area (Å²) >= 11 is 0.